The third kappa shape index (κ3) is 3.47. The number of hydrogen-bond donors (Lipinski definition) is 2. The van der Waals surface area contributed by atoms with Crippen LogP contribution in [0.1, 0.15) is 35.6 Å². The second kappa shape index (κ2) is 6.06. The Kier molecular flexibility index (Phi) is 4.38. The van der Waals surface area contributed by atoms with E-state index >= 15 is 0 Å². The number of rotatable bonds is 4. The lowest BCUT2D eigenvalue weighted by molar-refractivity contribution is 0.0916. The van der Waals surface area contributed by atoms with E-state index in [2.05, 4.69) is 10.3 Å². The molecule has 1 aromatic carbocycles. The van der Waals surface area contributed by atoms with Gasteiger partial charge in [-0.1, -0.05) is 36.4 Å². The van der Waals surface area contributed by atoms with Crippen LogP contribution in [-0.4, -0.2) is 16.9 Å². The first kappa shape index (κ1) is 15.2. The van der Waals surface area contributed by atoms with Crippen LogP contribution < -0.4 is 11.1 Å². The average Bonchev–Trinajstić information content (AvgIpc) is 2.48. The largest absolute Gasteiger partial charge is 0.346 e. The van der Waals surface area contributed by atoms with Gasteiger partial charge in [0.15, 0.2) is 0 Å². The second-order valence-electron chi connectivity index (χ2n) is 5.51. The number of amides is 1. The van der Waals surface area contributed by atoms with Crippen molar-refractivity contribution in [2.75, 3.05) is 0 Å². The van der Waals surface area contributed by atoms with E-state index in [1.54, 1.807) is 6.07 Å². The Bertz CT molecular complexity index is 623. The smallest absolute Gasteiger partial charge is 0.270 e. The molecule has 0 aliphatic rings. The zero-order valence-electron chi connectivity index (χ0n) is 12.6. The molecule has 2 unspecified atom stereocenters. The maximum atomic E-state index is 12.3. The molecule has 0 radical (unpaired) electrons. The first-order valence-electron chi connectivity index (χ1n) is 7.00. The van der Waals surface area contributed by atoms with Gasteiger partial charge < -0.3 is 11.1 Å². The van der Waals surface area contributed by atoms with Gasteiger partial charge in [0.1, 0.15) is 5.69 Å². The molecular weight excluding hydrogens is 262 g/mol. The molecule has 1 heterocycles. The van der Waals surface area contributed by atoms with Gasteiger partial charge in [-0.05, 0) is 38.5 Å². The van der Waals surface area contributed by atoms with Crippen molar-refractivity contribution in [3.63, 3.8) is 0 Å². The van der Waals surface area contributed by atoms with Crippen molar-refractivity contribution in [1.82, 2.24) is 10.3 Å². The molecule has 3 N–H and O–H groups in total. The zero-order valence-corrected chi connectivity index (χ0v) is 12.6. The summed E-state index contributed by atoms with van der Waals surface area (Å²) in [4.78, 5) is 16.5. The van der Waals surface area contributed by atoms with E-state index in [0.717, 1.165) is 11.3 Å². The number of aromatic nitrogens is 1. The van der Waals surface area contributed by atoms with Crippen molar-refractivity contribution in [3.8, 4) is 0 Å². The fraction of sp³-hybridized carbons (Fsp3) is 0.294. The van der Waals surface area contributed by atoms with Gasteiger partial charge in [0, 0.05) is 11.7 Å². The minimum atomic E-state index is -0.652. The predicted octanol–water partition coefficient (Wildman–Crippen LogP) is 2.38. The van der Waals surface area contributed by atoms with Gasteiger partial charge in [0.2, 0.25) is 0 Å². The van der Waals surface area contributed by atoms with E-state index in [1.807, 2.05) is 63.2 Å². The highest BCUT2D eigenvalue weighted by Gasteiger charge is 2.30. The minimum Gasteiger partial charge on any atom is -0.346 e. The van der Waals surface area contributed by atoms with E-state index in [0.29, 0.717) is 5.69 Å². The van der Waals surface area contributed by atoms with Crippen LogP contribution in [0.3, 0.4) is 0 Å². The Hall–Kier alpha value is -2.20. The number of carbonyl (C=O) groups is 1. The highest BCUT2D eigenvalue weighted by molar-refractivity contribution is 5.92. The van der Waals surface area contributed by atoms with E-state index in [1.165, 1.54) is 0 Å². The summed E-state index contributed by atoms with van der Waals surface area (Å²) in [6.45, 7) is 5.68. The Labute approximate surface area is 125 Å². The van der Waals surface area contributed by atoms with Crippen LogP contribution in [0.2, 0.25) is 0 Å². The molecule has 110 valence electrons. The summed E-state index contributed by atoms with van der Waals surface area (Å²) < 4.78 is 0. The Morgan fingerprint density at radius 1 is 1.19 bits per heavy atom. The van der Waals surface area contributed by atoms with Gasteiger partial charge in [0.05, 0.1) is 5.54 Å². The number of nitrogens with zero attached hydrogens (tertiary/aromatic N) is 1. The summed E-state index contributed by atoms with van der Waals surface area (Å²) in [6, 6.07) is 14.9. The first-order valence-corrected chi connectivity index (χ1v) is 7.00. The molecule has 0 saturated heterocycles. The molecule has 0 saturated carbocycles. The number of nitrogens with one attached hydrogen (secondary N) is 1. The summed E-state index contributed by atoms with van der Waals surface area (Å²) in [5, 5.41) is 2.94. The monoisotopic (exact) mass is 283 g/mol. The van der Waals surface area contributed by atoms with Gasteiger partial charge in [-0.2, -0.15) is 0 Å². The molecule has 0 bridgehead atoms. The lowest BCUT2D eigenvalue weighted by Crippen LogP contribution is -2.52. The highest BCUT2D eigenvalue weighted by atomic mass is 16.1. The Morgan fingerprint density at radius 3 is 2.48 bits per heavy atom. The van der Waals surface area contributed by atoms with Crippen molar-refractivity contribution in [3.05, 3.63) is 65.5 Å². The van der Waals surface area contributed by atoms with E-state index in [4.69, 9.17) is 5.73 Å². The van der Waals surface area contributed by atoms with Crippen LogP contribution in [0.4, 0.5) is 0 Å². The normalized spacial score (nSPS) is 15.0. The molecule has 2 aromatic rings. The summed E-state index contributed by atoms with van der Waals surface area (Å²) in [5.74, 6) is -0.209. The summed E-state index contributed by atoms with van der Waals surface area (Å²) in [7, 11) is 0. The molecule has 2 atom stereocenters. The molecular formula is C17H21N3O. The van der Waals surface area contributed by atoms with Crippen LogP contribution in [0.25, 0.3) is 0 Å². The molecule has 0 aliphatic heterocycles. The SMILES string of the molecule is Cc1cccc(C(=O)NC(C)C(C)(N)c2ccccc2)n1. The molecule has 0 aliphatic carbocycles. The number of pyridine rings is 1. The fourth-order valence-corrected chi connectivity index (χ4v) is 2.14. The average molecular weight is 283 g/mol. The van der Waals surface area contributed by atoms with Gasteiger partial charge in [-0.15, -0.1) is 0 Å². The third-order valence-electron chi connectivity index (χ3n) is 3.76. The van der Waals surface area contributed by atoms with Crippen LogP contribution in [-0.2, 0) is 5.54 Å². The van der Waals surface area contributed by atoms with Crippen LogP contribution >= 0.6 is 0 Å². The molecule has 1 aromatic heterocycles. The number of aryl methyl sites for hydroxylation is 1. The number of nitrogens with two attached hydrogens (primary N) is 1. The van der Waals surface area contributed by atoms with Crippen molar-refractivity contribution >= 4 is 5.91 Å². The summed E-state index contributed by atoms with van der Waals surface area (Å²) in [5.41, 5.74) is 7.95. The molecule has 0 fully saturated rings. The lowest BCUT2D eigenvalue weighted by atomic mass is 9.86. The molecule has 0 spiro atoms. The van der Waals surface area contributed by atoms with Crippen molar-refractivity contribution in [2.24, 2.45) is 5.73 Å². The van der Waals surface area contributed by atoms with Crippen molar-refractivity contribution in [1.29, 1.82) is 0 Å². The highest BCUT2D eigenvalue weighted by Crippen LogP contribution is 2.21. The summed E-state index contributed by atoms with van der Waals surface area (Å²) in [6.07, 6.45) is 0. The van der Waals surface area contributed by atoms with Crippen molar-refractivity contribution in [2.45, 2.75) is 32.4 Å². The van der Waals surface area contributed by atoms with Crippen molar-refractivity contribution < 1.29 is 4.79 Å². The lowest BCUT2D eigenvalue weighted by Gasteiger charge is -2.32. The number of hydrogen-bond acceptors (Lipinski definition) is 3. The van der Waals surface area contributed by atoms with E-state index in [-0.39, 0.29) is 11.9 Å². The number of carbonyl (C=O) groups excluding carboxylic acids is 1. The third-order valence-corrected chi connectivity index (χ3v) is 3.76. The fourth-order valence-electron chi connectivity index (χ4n) is 2.14. The van der Waals surface area contributed by atoms with Gasteiger partial charge in [-0.3, -0.25) is 4.79 Å². The number of benzene rings is 1. The maximum Gasteiger partial charge on any atom is 0.270 e. The molecule has 2 rings (SSSR count). The van der Waals surface area contributed by atoms with Crippen LogP contribution in [0.15, 0.2) is 48.5 Å². The van der Waals surface area contributed by atoms with Gasteiger partial charge in [-0.25, -0.2) is 4.98 Å². The Morgan fingerprint density at radius 2 is 1.86 bits per heavy atom. The molecule has 21 heavy (non-hydrogen) atoms. The second-order valence-corrected chi connectivity index (χ2v) is 5.51. The molecule has 1 amide bonds. The standard InChI is InChI=1S/C17H21N3O/c1-12-8-7-11-15(19-12)16(21)20-13(2)17(3,18)14-9-5-4-6-10-14/h4-11,13H,18H2,1-3H3,(H,20,21). The predicted molar refractivity (Wildman–Crippen MR) is 83.9 cm³/mol. The minimum absolute atomic E-state index is 0.209. The molecule has 4 nitrogen and oxygen atoms in total. The maximum absolute atomic E-state index is 12.3. The summed E-state index contributed by atoms with van der Waals surface area (Å²) >= 11 is 0. The van der Waals surface area contributed by atoms with E-state index in [9.17, 15) is 4.79 Å². The Balaban J connectivity index is 2.14. The first-order chi connectivity index (χ1) is 9.91. The van der Waals surface area contributed by atoms with Gasteiger partial charge >= 0.3 is 0 Å². The zero-order chi connectivity index (χ0) is 15.5. The van der Waals surface area contributed by atoms with Crippen LogP contribution in [0, 0.1) is 6.92 Å². The van der Waals surface area contributed by atoms with Crippen LogP contribution in [0.5, 0.6) is 0 Å². The topological polar surface area (TPSA) is 68.0 Å². The van der Waals surface area contributed by atoms with Gasteiger partial charge in [0.25, 0.3) is 5.91 Å². The van der Waals surface area contributed by atoms with E-state index < -0.39 is 5.54 Å². The quantitative estimate of drug-likeness (QED) is 0.905. The molecule has 4 heteroatoms.